The second-order valence-corrected chi connectivity index (χ2v) is 5.87. The van der Waals surface area contributed by atoms with E-state index in [1.807, 2.05) is 26.8 Å². The number of aromatic amines is 1. The van der Waals surface area contributed by atoms with Crippen molar-refractivity contribution in [2.75, 3.05) is 5.32 Å². The first kappa shape index (κ1) is 17.8. The lowest BCUT2D eigenvalue weighted by atomic mass is 10.1. The molecule has 8 nitrogen and oxygen atoms in total. The number of amides is 1. The lowest BCUT2D eigenvalue weighted by molar-refractivity contribution is -0.144. The highest BCUT2D eigenvalue weighted by atomic mass is 19.4. The Labute approximate surface area is 145 Å². The Morgan fingerprint density at radius 1 is 1.27 bits per heavy atom. The van der Waals surface area contributed by atoms with E-state index in [4.69, 9.17) is 0 Å². The van der Waals surface area contributed by atoms with Crippen LogP contribution in [0.25, 0.3) is 5.65 Å². The summed E-state index contributed by atoms with van der Waals surface area (Å²) < 4.78 is 39.1. The lowest BCUT2D eigenvalue weighted by Gasteiger charge is -2.10. The molecule has 0 atom stereocenters. The summed E-state index contributed by atoms with van der Waals surface area (Å²) >= 11 is 0. The molecule has 0 saturated carbocycles. The van der Waals surface area contributed by atoms with E-state index in [1.165, 1.54) is 0 Å². The van der Waals surface area contributed by atoms with Gasteiger partial charge in [-0.2, -0.15) is 23.3 Å². The maximum absolute atomic E-state index is 12.5. The highest BCUT2D eigenvalue weighted by molar-refractivity contribution is 5.89. The summed E-state index contributed by atoms with van der Waals surface area (Å²) in [6, 6.07) is 1.86. The molecule has 3 heterocycles. The molecular weight excluding hydrogens is 351 g/mol. The molecule has 0 saturated heterocycles. The number of anilines is 1. The van der Waals surface area contributed by atoms with Crippen LogP contribution in [0.3, 0.4) is 0 Å². The number of fused-ring (bicyclic) bond motifs is 1. The number of carbonyl (C=O) groups excluding carboxylic acids is 1. The van der Waals surface area contributed by atoms with E-state index < -0.39 is 23.9 Å². The fraction of sp³-hybridized carbons (Fsp3) is 0.400. The molecule has 1 amide bonds. The van der Waals surface area contributed by atoms with Crippen LogP contribution in [0.2, 0.25) is 0 Å². The van der Waals surface area contributed by atoms with Crippen LogP contribution in [0.5, 0.6) is 0 Å². The smallest absolute Gasteiger partial charge is 0.293 e. The third-order valence-corrected chi connectivity index (χ3v) is 3.89. The standard InChI is InChI=1S/C15H16F3N7O/c1-7-6-11-19-8(2)10(9(3)25(11)24-7)4-5-12(26)20-14-21-13(22-23-14)15(16,17)18/h6H,4-5H2,1-3H3,(H2,20,21,22,23,26). The average Bonchev–Trinajstić information content (AvgIpc) is 3.13. The molecule has 11 heteroatoms. The Balaban J connectivity index is 1.70. The quantitative estimate of drug-likeness (QED) is 0.737. The molecule has 3 aromatic rings. The zero-order chi connectivity index (χ0) is 19.1. The molecule has 0 unspecified atom stereocenters. The minimum Gasteiger partial charge on any atom is -0.293 e. The summed E-state index contributed by atoms with van der Waals surface area (Å²) in [5.41, 5.74) is 4.07. The number of nitrogens with zero attached hydrogens (tertiary/aromatic N) is 5. The predicted octanol–water partition coefficient (Wildman–Crippen LogP) is 2.36. The van der Waals surface area contributed by atoms with E-state index in [1.54, 1.807) is 9.61 Å². The van der Waals surface area contributed by atoms with Gasteiger partial charge in [0.25, 0.3) is 0 Å². The van der Waals surface area contributed by atoms with Crippen molar-refractivity contribution >= 4 is 17.5 Å². The van der Waals surface area contributed by atoms with Crippen LogP contribution >= 0.6 is 0 Å². The van der Waals surface area contributed by atoms with Gasteiger partial charge in [0.05, 0.1) is 5.69 Å². The van der Waals surface area contributed by atoms with Gasteiger partial charge in [-0.1, -0.05) is 0 Å². The maximum atomic E-state index is 12.5. The number of hydrogen-bond acceptors (Lipinski definition) is 5. The zero-order valence-corrected chi connectivity index (χ0v) is 14.3. The first-order valence-corrected chi connectivity index (χ1v) is 7.77. The summed E-state index contributed by atoms with van der Waals surface area (Å²) in [7, 11) is 0. The van der Waals surface area contributed by atoms with Crippen molar-refractivity contribution in [2.45, 2.75) is 39.8 Å². The molecule has 0 aliphatic rings. The van der Waals surface area contributed by atoms with Gasteiger partial charge in [0.1, 0.15) is 0 Å². The number of aryl methyl sites for hydroxylation is 3. The average molecular weight is 367 g/mol. The largest absolute Gasteiger partial charge is 0.451 e. The normalized spacial score (nSPS) is 11.9. The summed E-state index contributed by atoms with van der Waals surface area (Å²) in [6.45, 7) is 5.59. The van der Waals surface area contributed by atoms with Gasteiger partial charge in [0.2, 0.25) is 17.7 Å². The first-order chi connectivity index (χ1) is 12.1. The van der Waals surface area contributed by atoms with Gasteiger partial charge in [-0.25, -0.2) is 9.50 Å². The molecule has 0 aromatic carbocycles. The highest BCUT2D eigenvalue weighted by Crippen LogP contribution is 2.26. The number of hydrogen-bond donors (Lipinski definition) is 2. The number of alkyl halides is 3. The second-order valence-electron chi connectivity index (χ2n) is 5.87. The summed E-state index contributed by atoms with van der Waals surface area (Å²) in [4.78, 5) is 19.7. The number of nitrogens with one attached hydrogen (secondary N) is 2. The van der Waals surface area contributed by atoms with Crippen molar-refractivity contribution < 1.29 is 18.0 Å². The fourth-order valence-electron chi connectivity index (χ4n) is 2.67. The van der Waals surface area contributed by atoms with E-state index in [9.17, 15) is 18.0 Å². The van der Waals surface area contributed by atoms with E-state index in [-0.39, 0.29) is 6.42 Å². The van der Waals surface area contributed by atoms with Gasteiger partial charge in [-0.15, -0.1) is 5.10 Å². The summed E-state index contributed by atoms with van der Waals surface area (Å²) in [6.07, 6.45) is -4.24. The van der Waals surface area contributed by atoms with E-state index in [0.717, 1.165) is 28.3 Å². The zero-order valence-electron chi connectivity index (χ0n) is 14.3. The third kappa shape index (κ3) is 3.51. The lowest BCUT2D eigenvalue weighted by Crippen LogP contribution is -2.15. The molecule has 2 N–H and O–H groups in total. The molecule has 0 bridgehead atoms. The Hall–Kier alpha value is -2.98. The molecule has 0 spiro atoms. The number of aromatic nitrogens is 6. The van der Waals surface area contributed by atoms with Crippen LogP contribution in [0.4, 0.5) is 19.1 Å². The molecule has 0 radical (unpaired) electrons. The van der Waals surface area contributed by atoms with E-state index >= 15 is 0 Å². The highest BCUT2D eigenvalue weighted by Gasteiger charge is 2.35. The van der Waals surface area contributed by atoms with Crippen molar-refractivity contribution in [3.8, 4) is 0 Å². The SMILES string of the molecule is Cc1cc2nc(C)c(CCC(=O)Nc3n[nH]c(C(F)(F)F)n3)c(C)n2n1. The summed E-state index contributed by atoms with van der Waals surface area (Å²) in [5, 5.41) is 11.7. The molecule has 0 aliphatic heterocycles. The molecule has 3 rings (SSSR count). The van der Waals surface area contributed by atoms with Crippen LogP contribution in [-0.4, -0.2) is 35.7 Å². The van der Waals surface area contributed by atoms with Crippen molar-refractivity contribution in [1.29, 1.82) is 0 Å². The van der Waals surface area contributed by atoms with Crippen LogP contribution < -0.4 is 5.32 Å². The first-order valence-electron chi connectivity index (χ1n) is 7.77. The van der Waals surface area contributed by atoms with E-state index in [0.29, 0.717) is 6.42 Å². The van der Waals surface area contributed by atoms with Crippen molar-refractivity contribution in [3.05, 3.63) is 34.5 Å². The Morgan fingerprint density at radius 3 is 2.65 bits per heavy atom. The monoisotopic (exact) mass is 367 g/mol. The molecular formula is C15H16F3N7O. The minimum absolute atomic E-state index is 0.0466. The van der Waals surface area contributed by atoms with Gasteiger partial charge in [-0.05, 0) is 32.8 Å². The van der Waals surface area contributed by atoms with Crippen molar-refractivity contribution in [1.82, 2.24) is 29.8 Å². The van der Waals surface area contributed by atoms with Gasteiger partial charge >= 0.3 is 6.18 Å². The maximum Gasteiger partial charge on any atom is 0.451 e. The van der Waals surface area contributed by atoms with Gasteiger partial charge in [0.15, 0.2) is 5.65 Å². The Bertz CT molecular complexity index is 974. The van der Waals surface area contributed by atoms with Crippen LogP contribution in [0.15, 0.2) is 6.07 Å². The van der Waals surface area contributed by atoms with Crippen molar-refractivity contribution in [3.63, 3.8) is 0 Å². The topological polar surface area (TPSA) is 101 Å². The molecule has 3 aromatic heterocycles. The van der Waals surface area contributed by atoms with Crippen LogP contribution in [0.1, 0.15) is 34.9 Å². The predicted molar refractivity (Wildman–Crippen MR) is 85.5 cm³/mol. The molecule has 138 valence electrons. The van der Waals surface area contributed by atoms with Crippen LogP contribution in [-0.2, 0) is 17.4 Å². The summed E-state index contributed by atoms with van der Waals surface area (Å²) in [5.74, 6) is -2.16. The number of rotatable bonds is 4. The van der Waals surface area contributed by atoms with Crippen molar-refractivity contribution in [2.24, 2.45) is 0 Å². The second kappa shape index (κ2) is 6.39. The minimum atomic E-state index is -4.65. The number of halogens is 3. The van der Waals surface area contributed by atoms with E-state index in [2.05, 4.69) is 25.5 Å². The Kier molecular flexibility index (Phi) is 4.38. The van der Waals surface area contributed by atoms with Crippen LogP contribution in [0, 0.1) is 20.8 Å². The third-order valence-electron chi connectivity index (χ3n) is 3.89. The molecule has 0 aliphatic carbocycles. The number of carbonyl (C=O) groups is 1. The number of H-pyrrole nitrogens is 1. The van der Waals surface area contributed by atoms with Gasteiger partial charge < -0.3 is 0 Å². The van der Waals surface area contributed by atoms with Gasteiger partial charge in [0, 0.05) is 23.9 Å². The fourth-order valence-corrected chi connectivity index (χ4v) is 2.67. The Morgan fingerprint density at radius 2 is 2.00 bits per heavy atom. The van der Waals surface area contributed by atoms with Gasteiger partial charge in [-0.3, -0.25) is 15.2 Å². The molecule has 26 heavy (non-hydrogen) atoms. The molecule has 0 fully saturated rings.